The minimum Gasteiger partial charge on any atom is -0.293 e. The van der Waals surface area contributed by atoms with Crippen molar-refractivity contribution >= 4 is 23.6 Å². The van der Waals surface area contributed by atoms with Gasteiger partial charge in [-0.25, -0.2) is 8.78 Å². The average molecular weight is 229 g/mol. The van der Waals surface area contributed by atoms with Crippen LogP contribution in [0.3, 0.4) is 0 Å². The maximum Gasteiger partial charge on any atom is 0.165 e. The van der Waals surface area contributed by atoms with E-state index >= 15 is 0 Å². The van der Waals surface area contributed by atoms with Crippen LogP contribution in [0.4, 0.5) is 8.78 Å². The molecule has 0 saturated carbocycles. The highest BCUT2D eigenvalue weighted by atomic mass is 32.1. The van der Waals surface area contributed by atoms with Crippen LogP contribution in [0.2, 0.25) is 0 Å². The molecule has 1 aromatic carbocycles. The molecule has 0 bridgehead atoms. The minimum absolute atomic E-state index is 0.112. The molecule has 0 spiro atoms. The predicted octanol–water partition coefficient (Wildman–Crippen LogP) is 3.55. The van der Waals surface area contributed by atoms with E-state index in [2.05, 4.69) is 0 Å². The molecule has 1 nitrogen and oxygen atoms in total. The number of thiazole rings is 1. The van der Waals surface area contributed by atoms with Crippen LogP contribution in [0.1, 0.15) is 0 Å². The summed E-state index contributed by atoms with van der Waals surface area (Å²) in [5.74, 6) is -1.22. The van der Waals surface area contributed by atoms with Crippen molar-refractivity contribution in [3.05, 3.63) is 45.4 Å². The number of rotatable bonds is 1. The van der Waals surface area contributed by atoms with E-state index in [0.29, 0.717) is 3.95 Å². The zero-order valence-electron chi connectivity index (χ0n) is 6.91. The first-order valence-electron chi connectivity index (χ1n) is 3.80. The number of aromatic nitrogens is 1. The Morgan fingerprint density at radius 1 is 1.21 bits per heavy atom. The molecule has 0 saturated heterocycles. The monoisotopic (exact) mass is 229 g/mol. The first-order chi connectivity index (χ1) is 6.70. The highest BCUT2D eigenvalue weighted by Gasteiger charge is 2.10. The minimum atomic E-state index is -0.612. The lowest BCUT2D eigenvalue weighted by molar-refractivity contribution is 0.569. The van der Waals surface area contributed by atoms with Crippen LogP contribution in [0.25, 0.3) is 5.69 Å². The predicted molar refractivity (Wildman–Crippen MR) is 54.4 cm³/mol. The largest absolute Gasteiger partial charge is 0.293 e. The first kappa shape index (κ1) is 9.48. The van der Waals surface area contributed by atoms with Gasteiger partial charge in [0.2, 0.25) is 0 Å². The van der Waals surface area contributed by atoms with Crippen LogP contribution in [0.5, 0.6) is 0 Å². The third-order valence-corrected chi connectivity index (χ3v) is 2.90. The quantitative estimate of drug-likeness (QED) is 0.677. The fourth-order valence-electron chi connectivity index (χ4n) is 1.15. The molecule has 0 fully saturated rings. The molecule has 1 aromatic heterocycles. The second-order valence-electron chi connectivity index (χ2n) is 2.61. The Balaban J connectivity index is 2.74. The smallest absolute Gasteiger partial charge is 0.165 e. The highest BCUT2D eigenvalue weighted by molar-refractivity contribution is 7.73. The van der Waals surface area contributed by atoms with Gasteiger partial charge in [0.25, 0.3) is 0 Å². The number of halogens is 2. The lowest BCUT2D eigenvalue weighted by Gasteiger charge is -2.04. The van der Waals surface area contributed by atoms with Crippen molar-refractivity contribution in [2.24, 2.45) is 0 Å². The lowest BCUT2D eigenvalue weighted by atomic mass is 10.3. The van der Waals surface area contributed by atoms with Gasteiger partial charge in [-0.3, -0.25) is 4.57 Å². The lowest BCUT2D eigenvalue weighted by Crippen LogP contribution is -1.99. The van der Waals surface area contributed by atoms with Crippen LogP contribution in [0.15, 0.2) is 29.8 Å². The van der Waals surface area contributed by atoms with Crippen LogP contribution in [-0.4, -0.2) is 4.57 Å². The molecule has 14 heavy (non-hydrogen) atoms. The summed E-state index contributed by atoms with van der Waals surface area (Å²) in [6.45, 7) is 0. The Bertz CT molecular complexity index is 495. The van der Waals surface area contributed by atoms with Gasteiger partial charge >= 0.3 is 0 Å². The highest BCUT2D eigenvalue weighted by Crippen LogP contribution is 2.19. The van der Waals surface area contributed by atoms with Crippen molar-refractivity contribution in [3.63, 3.8) is 0 Å². The molecule has 0 aliphatic carbocycles. The summed E-state index contributed by atoms with van der Waals surface area (Å²) < 4.78 is 28.3. The van der Waals surface area contributed by atoms with Crippen LogP contribution < -0.4 is 0 Å². The summed E-state index contributed by atoms with van der Waals surface area (Å²) in [6.07, 6.45) is 1.55. The van der Waals surface area contributed by atoms with Crippen molar-refractivity contribution in [2.45, 2.75) is 0 Å². The van der Waals surface area contributed by atoms with Crippen LogP contribution in [0, 0.1) is 15.6 Å². The zero-order chi connectivity index (χ0) is 10.1. The molecule has 0 aliphatic heterocycles. The number of hydrogen-bond acceptors (Lipinski definition) is 2. The van der Waals surface area contributed by atoms with E-state index in [9.17, 15) is 8.78 Å². The van der Waals surface area contributed by atoms with Crippen LogP contribution >= 0.6 is 23.6 Å². The zero-order valence-corrected chi connectivity index (χ0v) is 8.54. The number of hydrogen-bond donors (Lipinski definition) is 0. The molecule has 72 valence electrons. The van der Waals surface area contributed by atoms with Crippen molar-refractivity contribution in [1.29, 1.82) is 0 Å². The number of nitrogens with zero attached hydrogens (tertiary/aromatic N) is 1. The molecule has 0 N–H and O–H groups in total. The molecule has 0 radical (unpaired) electrons. The molecule has 5 heteroatoms. The first-order valence-corrected chi connectivity index (χ1v) is 5.09. The Kier molecular flexibility index (Phi) is 2.43. The molecule has 0 atom stereocenters. The summed E-state index contributed by atoms with van der Waals surface area (Å²) in [5.41, 5.74) is -0.112. The molecular weight excluding hydrogens is 224 g/mol. The second-order valence-corrected chi connectivity index (χ2v) is 4.15. The van der Waals surface area contributed by atoms with E-state index in [0.717, 1.165) is 0 Å². The van der Waals surface area contributed by atoms with E-state index in [1.165, 1.54) is 34.1 Å². The van der Waals surface area contributed by atoms with E-state index < -0.39 is 11.6 Å². The summed E-state index contributed by atoms with van der Waals surface area (Å²) in [6, 6.07) is 3.74. The van der Waals surface area contributed by atoms with Gasteiger partial charge in [-0.1, -0.05) is 6.07 Å². The normalized spacial score (nSPS) is 10.4. The van der Waals surface area contributed by atoms with Crippen molar-refractivity contribution in [2.75, 3.05) is 0 Å². The van der Waals surface area contributed by atoms with E-state index in [-0.39, 0.29) is 5.69 Å². The topological polar surface area (TPSA) is 4.93 Å². The average Bonchev–Trinajstić information content (AvgIpc) is 2.52. The Labute approximate surface area is 88.2 Å². The van der Waals surface area contributed by atoms with Crippen molar-refractivity contribution in [3.8, 4) is 5.69 Å². The third-order valence-electron chi connectivity index (χ3n) is 1.75. The molecule has 0 amide bonds. The van der Waals surface area contributed by atoms with Gasteiger partial charge in [-0.15, -0.1) is 11.3 Å². The number of para-hydroxylation sites is 1. The molecule has 1 heterocycles. The summed E-state index contributed by atoms with van der Waals surface area (Å²) >= 11 is 6.20. The van der Waals surface area contributed by atoms with Gasteiger partial charge < -0.3 is 0 Å². The van der Waals surface area contributed by atoms with Gasteiger partial charge in [-0.05, 0) is 24.4 Å². The summed E-state index contributed by atoms with van der Waals surface area (Å²) in [4.78, 5) is 0. The maximum atomic E-state index is 13.3. The van der Waals surface area contributed by atoms with E-state index in [1.54, 1.807) is 11.6 Å². The Hall–Kier alpha value is -1.07. The molecule has 2 aromatic rings. The van der Waals surface area contributed by atoms with Crippen molar-refractivity contribution in [1.82, 2.24) is 4.57 Å². The molecule has 2 rings (SSSR count). The number of benzene rings is 1. The Morgan fingerprint density at radius 2 is 1.86 bits per heavy atom. The van der Waals surface area contributed by atoms with Gasteiger partial charge in [0.05, 0.1) is 0 Å². The van der Waals surface area contributed by atoms with E-state index in [1.807, 2.05) is 0 Å². The maximum absolute atomic E-state index is 13.3. The molecule has 0 aliphatic rings. The molecule has 0 unspecified atom stereocenters. The fraction of sp³-hybridized carbons (Fsp3) is 0. The molecular formula is C9H5F2NS2. The fourth-order valence-corrected chi connectivity index (χ4v) is 2.04. The summed E-state index contributed by atoms with van der Waals surface area (Å²) in [7, 11) is 0. The second kappa shape index (κ2) is 3.59. The summed E-state index contributed by atoms with van der Waals surface area (Å²) in [5, 5.41) is 1.69. The van der Waals surface area contributed by atoms with E-state index in [4.69, 9.17) is 12.2 Å². The SMILES string of the molecule is Fc1cccc(F)c1-n1ccsc1=S. The standard InChI is InChI=1S/C9H5F2NS2/c10-6-2-1-3-7(11)8(6)12-4-5-14-9(12)13/h1-5H. The van der Waals surface area contributed by atoms with Crippen LogP contribution in [-0.2, 0) is 0 Å². The van der Waals surface area contributed by atoms with Gasteiger partial charge in [-0.2, -0.15) is 0 Å². The van der Waals surface area contributed by atoms with Gasteiger partial charge in [0, 0.05) is 11.6 Å². The van der Waals surface area contributed by atoms with Crippen molar-refractivity contribution < 1.29 is 8.78 Å². The third kappa shape index (κ3) is 1.49. The van der Waals surface area contributed by atoms with Gasteiger partial charge in [0.15, 0.2) is 3.95 Å². The van der Waals surface area contributed by atoms with Gasteiger partial charge in [0.1, 0.15) is 17.3 Å². The Morgan fingerprint density at radius 3 is 2.36 bits per heavy atom.